The Hall–Kier alpha value is -0.860. The molecule has 1 N–H and O–H groups in total. The number of rotatable bonds is 5. The van der Waals surface area contributed by atoms with Gasteiger partial charge in [-0.2, -0.15) is 0 Å². The van der Waals surface area contributed by atoms with Gasteiger partial charge in [0.25, 0.3) is 0 Å². The third-order valence-electron chi connectivity index (χ3n) is 4.48. The lowest BCUT2D eigenvalue weighted by atomic mass is 9.91. The zero-order chi connectivity index (χ0) is 13.8. The van der Waals surface area contributed by atoms with Gasteiger partial charge < -0.3 is 5.32 Å². The monoisotopic (exact) mass is 260 g/mol. The van der Waals surface area contributed by atoms with Crippen molar-refractivity contribution < 1.29 is 0 Å². The first-order valence-electron chi connectivity index (χ1n) is 7.61. The van der Waals surface area contributed by atoms with Crippen LogP contribution in [0.5, 0.6) is 0 Å². The average Bonchev–Trinajstić information content (AvgIpc) is 2.75. The highest BCUT2D eigenvalue weighted by Gasteiger charge is 2.32. The second kappa shape index (κ2) is 6.53. The summed E-state index contributed by atoms with van der Waals surface area (Å²) in [5, 5.41) is 3.60. The van der Waals surface area contributed by atoms with E-state index in [9.17, 15) is 0 Å². The second-order valence-electron chi connectivity index (χ2n) is 6.02. The lowest BCUT2D eigenvalue weighted by molar-refractivity contribution is 0.272. The molecule has 0 amide bonds. The molecule has 106 valence electrons. The van der Waals surface area contributed by atoms with Gasteiger partial charge in [-0.15, -0.1) is 0 Å². The molecule has 1 aromatic rings. The molecule has 1 aliphatic heterocycles. The molecule has 19 heavy (non-hydrogen) atoms. The Labute approximate surface area is 118 Å². The first-order chi connectivity index (χ1) is 9.13. The summed E-state index contributed by atoms with van der Waals surface area (Å²) < 4.78 is 0. The molecule has 0 bridgehead atoms. The van der Waals surface area contributed by atoms with E-state index in [-0.39, 0.29) is 0 Å². The predicted molar refractivity (Wildman–Crippen MR) is 82.6 cm³/mol. The molecule has 2 nitrogen and oxygen atoms in total. The van der Waals surface area contributed by atoms with E-state index in [1.54, 1.807) is 0 Å². The van der Waals surface area contributed by atoms with E-state index in [0.717, 1.165) is 19.0 Å². The van der Waals surface area contributed by atoms with Crippen LogP contribution in [0.1, 0.15) is 42.5 Å². The van der Waals surface area contributed by atoms with Crippen molar-refractivity contribution in [2.75, 3.05) is 26.7 Å². The number of aryl methyl sites for hydroxylation is 2. The summed E-state index contributed by atoms with van der Waals surface area (Å²) in [6.45, 7) is 10.1. The number of hydrogen-bond donors (Lipinski definition) is 1. The highest BCUT2D eigenvalue weighted by atomic mass is 15.2. The van der Waals surface area contributed by atoms with Crippen molar-refractivity contribution in [3.63, 3.8) is 0 Å². The van der Waals surface area contributed by atoms with Gasteiger partial charge in [-0.25, -0.2) is 0 Å². The number of likely N-dealkylation sites (tertiary alicyclic amines) is 1. The van der Waals surface area contributed by atoms with Gasteiger partial charge in [0.2, 0.25) is 0 Å². The fourth-order valence-corrected chi connectivity index (χ4v) is 3.18. The zero-order valence-corrected chi connectivity index (χ0v) is 12.9. The number of nitrogens with zero attached hydrogens (tertiary/aromatic N) is 1. The molecule has 0 spiro atoms. The molecule has 0 aliphatic carbocycles. The number of nitrogens with one attached hydrogen (secondary N) is 1. The van der Waals surface area contributed by atoms with Crippen molar-refractivity contribution in [3.8, 4) is 0 Å². The lowest BCUT2D eigenvalue weighted by Gasteiger charge is -2.26. The van der Waals surface area contributed by atoms with E-state index < -0.39 is 0 Å². The van der Waals surface area contributed by atoms with Crippen LogP contribution >= 0.6 is 0 Å². The Morgan fingerprint density at radius 3 is 2.74 bits per heavy atom. The molecule has 2 unspecified atom stereocenters. The van der Waals surface area contributed by atoms with Gasteiger partial charge in [-0.1, -0.05) is 25.1 Å². The Kier molecular flexibility index (Phi) is 5.00. The molecule has 1 aromatic carbocycles. The molecule has 2 rings (SSSR count). The van der Waals surface area contributed by atoms with E-state index in [1.165, 1.54) is 36.1 Å². The molecule has 1 fully saturated rings. The van der Waals surface area contributed by atoms with Crippen molar-refractivity contribution in [3.05, 3.63) is 34.9 Å². The minimum atomic E-state index is 0.587. The van der Waals surface area contributed by atoms with Crippen molar-refractivity contribution in [1.82, 2.24) is 10.2 Å². The summed E-state index contributed by atoms with van der Waals surface area (Å²) >= 11 is 0. The van der Waals surface area contributed by atoms with Gasteiger partial charge in [-0.3, -0.25) is 4.90 Å². The summed E-state index contributed by atoms with van der Waals surface area (Å²) in [5.41, 5.74) is 4.30. The van der Waals surface area contributed by atoms with Crippen molar-refractivity contribution in [2.45, 2.75) is 39.7 Å². The van der Waals surface area contributed by atoms with Gasteiger partial charge >= 0.3 is 0 Å². The highest BCUT2D eigenvalue weighted by molar-refractivity contribution is 5.32. The normalized spacial score (nSPS) is 24.0. The van der Waals surface area contributed by atoms with E-state index in [0.29, 0.717) is 6.04 Å². The fraction of sp³-hybridized carbons (Fsp3) is 0.647. The SMILES string of the molecule is CCCNCC1CCN(C)C1c1ccc(C)c(C)c1. The van der Waals surface area contributed by atoms with Gasteiger partial charge in [-0.05, 0) is 76.0 Å². The van der Waals surface area contributed by atoms with Crippen LogP contribution in [-0.2, 0) is 0 Å². The summed E-state index contributed by atoms with van der Waals surface area (Å²) in [5.74, 6) is 0.749. The largest absolute Gasteiger partial charge is 0.316 e. The molecule has 2 atom stereocenters. The van der Waals surface area contributed by atoms with Gasteiger partial charge in [0, 0.05) is 6.04 Å². The minimum Gasteiger partial charge on any atom is -0.316 e. The first kappa shape index (κ1) is 14.5. The smallest absolute Gasteiger partial charge is 0.0385 e. The van der Waals surface area contributed by atoms with Crippen LogP contribution in [0.15, 0.2) is 18.2 Å². The van der Waals surface area contributed by atoms with Crippen LogP contribution in [0.2, 0.25) is 0 Å². The maximum absolute atomic E-state index is 3.60. The standard InChI is InChI=1S/C17H28N2/c1-5-9-18-12-16-8-10-19(4)17(16)15-7-6-13(2)14(3)11-15/h6-7,11,16-18H,5,8-10,12H2,1-4H3. The quantitative estimate of drug-likeness (QED) is 0.817. The molecular formula is C17H28N2. The Morgan fingerprint density at radius 1 is 1.26 bits per heavy atom. The van der Waals surface area contributed by atoms with Crippen molar-refractivity contribution in [1.29, 1.82) is 0 Å². The molecular weight excluding hydrogens is 232 g/mol. The van der Waals surface area contributed by atoms with Crippen LogP contribution in [0.4, 0.5) is 0 Å². The van der Waals surface area contributed by atoms with Gasteiger partial charge in [0.15, 0.2) is 0 Å². The topological polar surface area (TPSA) is 15.3 Å². The molecule has 1 heterocycles. The first-order valence-corrected chi connectivity index (χ1v) is 7.61. The third-order valence-corrected chi connectivity index (χ3v) is 4.48. The van der Waals surface area contributed by atoms with Gasteiger partial charge in [0.1, 0.15) is 0 Å². The van der Waals surface area contributed by atoms with Crippen LogP contribution < -0.4 is 5.32 Å². The predicted octanol–water partition coefficient (Wildman–Crippen LogP) is 3.30. The second-order valence-corrected chi connectivity index (χ2v) is 6.02. The maximum atomic E-state index is 3.60. The molecule has 0 radical (unpaired) electrons. The number of benzene rings is 1. The summed E-state index contributed by atoms with van der Waals surface area (Å²) in [7, 11) is 2.26. The van der Waals surface area contributed by atoms with E-state index in [4.69, 9.17) is 0 Å². The summed E-state index contributed by atoms with van der Waals surface area (Å²) in [6, 6.07) is 7.56. The molecule has 1 aliphatic rings. The average molecular weight is 260 g/mol. The van der Waals surface area contributed by atoms with E-state index >= 15 is 0 Å². The Morgan fingerprint density at radius 2 is 2.05 bits per heavy atom. The van der Waals surface area contributed by atoms with Crippen molar-refractivity contribution in [2.24, 2.45) is 5.92 Å². The summed E-state index contributed by atoms with van der Waals surface area (Å²) in [6.07, 6.45) is 2.53. The highest BCUT2D eigenvalue weighted by Crippen LogP contribution is 2.36. The van der Waals surface area contributed by atoms with E-state index in [2.05, 4.69) is 56.2 Å². The van der Waals surface area contributed by atoms with Gasteiger partial charge in [0.05, 0.1) is 0 Å². The van der Waals surface area contributed by atoms with Crippen LogP contribution in [0.25, 0.3) is 0 Å². The summed E-state index contributed by atoms with van der Waals surface area (Å²) in [4.78, 5) is 2.52. The maximum Gasteiger partial charge on any atom is 0.0385 e. The van der Waals surface area contributed by atoms with Crippen LogP contribution in [-0.4, -0.2) is 31.6 Å². The molecule has 2 heteroatoms. The lowest BCUT2D eigenvalue weighted by Crippen LogP contribution is -2.29. The van der Waals surface area contributed by atoms with Crippen molar-refractivity contribution >= 4 is 0 Å². The Bertz CT molecular complexity index is 414. The molecule has 1 saturated heterocycles. The van der Waals surface area contributed by atoms with E-state index in [1.807, 2.05) is 0 Å². The Balaban J connectivity index is 2.11. The fourth-order valence-electron chi connectivity index (χ4n) is 3.18. The molecule has 0 saturated carbocycles. The van der Waals surface area contributed by atoms with Crippen LogP contribution in [0.3, 0.4) is 0 Å². The third kappa shape index (κ3) is 3.37. The number of hydrogen-bond acceptors (Lipinski definition) is 2. The zero-order valence-electron chi connectivity index (χ0n) is 12.9. The molecule has 0 aromatic heterocycles. The van der Waals surface area contributed by atoms with Crippen LogP contribution in [0, 0.1) is 19.8 Å². The minimum absolute atomic E-state index is 0.587.